The first-order valence-electron chi connectivity index (χ1n) is 6.79. The minimum absolute atomic E-state index is 0.0427. The van der Waals surface area contributed by atoms with E-state index >= 15 is 0 Å². The average Bonchev–Trinajstić information content (AvgIpc) is 3.01. The third-order valence-electron chi connectivity index (χ3n) is 3.08. The molecule has 0 saturated heterocycles. The number of amides is 2. The van der Waals surface area contributed by atoms with Gasteiger partial charge in [0.15, 0.2) is 0 Å². The van der Waals surface area contributed by atoms with Gasteiger partial charge in [-0.2, -0.15) is 0 Å². The lowest BCUT2D eigenvalue weighted by molar-refractivity contribution is -0.139. The van der Waals surface area contributed by atoms with Crippen molar-refractivity contribution in [1.29, 1.82) is 0 Å². The summed E-state index contributed by atoms with van der Waals surface area (Å²) in [5, 5.41) is 11.5. The summed E-state index contributed by atoms with van der Waals surface area (Å²) < 4.78 is 0. The van der Waals surface area contributed by atoms with Crippen molar-refractivity contribution in [3.8, 4) is 10.4 Å². The molecule has 120 valence electrons. The number of nitrogens with two attached hydrogens (primary N) is 1. The number of carboxylic acids is 1. The van der Waals surface area contributed by atoms with Crippen LogP contribution in [-0.2, 0) is 9.59 Å². The van der Waals surface area contributed by atoms with Crippen molar-refractivity contribution in [3.05, 3.63) is 41.5 Å². The van der Waals surface area contributed by atoms with E-state index in [1.807, 2.05) is 12.1 Å². The summed E-state index contributed by atoms with van der Waals surface area (Å²) in [7, 11) is 0. The molecule has 0 saturated carbocycles. The van der Waals surface area contributed by atoms with Crippen molar-refractivity contribution in [3.63, 3.8) is 0 Å². The first-order chi connectivity index (χ1) is 11.0. The van der Waals surface area contributed by atoms with Gasteiger partial charge in [-0.15, -0.1) is 11.3 Å². The Bertz CT molecular complexity index is 715. The lowest BCUT2D eigenvalue weighted by Crippen LogP contribution is -2.41. The van der Waals surface area contributed by atoms with Crippen LogP contribution in [0.25, 0.3) is 10.4 Å². The van der Waals surface area contributed by atoms with Gasteiger partial charge in [-0.05, 0) is 36.2 Å². The van der Waals surface area contributed by atoms with Gasteiger partial charge in [0.05, 0.1) is 4.88 Å². The molecule has 2 rings (SSSR count). The van der Waals surface area contributed by atoms with E-state index in [0.29, 0.717) is 4.88 Å². The highest BCUT2D eigenvalue weighted by atomic mass is 32.1. The smallest absolute Gasteiger partial charge is 0.326 e. The van der Waals surface area contributed by atoms with Crippen LogP contribution in [0.2, 0.25) is 0 Å². The summed E-state index contributed by atoms with van der Waals surface area (Å²) in [6.45, 7) is 0. The van der Waals surface area contributed by atoms with Gasteiger partial charge in [0.1, 0.15) is 6.04 Å². The maximum absolute atomic E-state index is 12.2. The molecule has 0 aliphatic heterocycles. The molecule has 0 aromatic carbocycles. The summed E-state index contributed by atoms with van der Waals surface area (Å²) in [5.41, 5.74) is 5.93. The summed E-state index contributed by atoms with van der Waals surface area (Å²) in [5.74, 6) is -2.31. The summed E-state index contributed by atoms with van der Waals surface area (Å²) in [6.07, 6.45) is 3.15. The van der Waals surface area contributed by atoms with Crippen molar-refractivity contribution in [1.82, 2.24) is 10.3 Å². The first-order valence-corrected chi connectivity index (χ1v) is 7.61. The zero-order valence-corrected chi connectivity index (χ0v) is 12.9. The van der Waals surface area contributed by atoms with Crippen molar-refractivity contribution < 1.29 is 19.5 Å². The lowest BCUT2D eigenvalue weighted by atomic mass is 10.1. The van der Waals surface area contributed by atoms with E-state index in [1.54, 1.807) is 24.5 Å². The van der Waals surface area contributed by atoms with Gasteiger partial charge < -0.3 is 16.2 Å². The number of carbonyl (C=O) groups excluding carboxylic acids is 2. The highest BCUT2D eigenvalue weighted by Crippen LogP contribution is 2.27. The number of thiophene rings is 1. The number of pyridine rings is 1. The Morgan fingerprint density at radius 2 is 1.91 bits per heavy atom. The summed E-state index contributed by atoms with van der Waals surface area (Å²) in [4.78, 5) is 39.2. The molecule has 2 heterocycles. The van der Waals surface area contributed by atoms with Crippen LogP contribution in [-0.4, -0.2) is 33.9 Å². The SMILES string of the molecule is NC(=O)CC[C@H](NC(=O)c1ccc(-c2ccncc2)s1)C(=O)O. The molecule has 0 aliphatic rings. The summed E-state index contributed by atoms with van der Waals surface area (Å²) in [6, 6.07) is 5.90. The zero-order chi connectivity index (χ0) is 16.8. The fourth-order valence-corrected chi connectivity index (χ4v) is 2.82. The second-order valence-electron chi connectivity index (χ2n) is 4.77. The van der Waals surface area contributed by atoms with E-state index in [0.717, 1.165) is 10.4 Å². The molecule has 0 fully saturated rings. The second-order valence-corrected chi connectivity index (χ2v) is 5.85. The molecule has 0 bridgehead atoms. The number of hydrogen-bond acceptors (Lipinski definition) is 5. The van der Waals surface area contributed by atoms with Gasteiger partial charge in [0.25, 0.3) is 5.91 Å². The highest BCUT2D eigenvalue weighted by Gasteiger charge is 2.22. The van der Waals surface area contributed by atoms with Gasteiger partial charge >= 0.3 is 5.97 Å². The number of nitrogens with one attached hydrogen (secondary N) is 1. The normalized spacial score (nSPS) is 11.7. The molecule has 2 aromatic heterocycles. The summed E-state index contributed by atoms with van der Waals surface area (Å²) >= 11 is 1.25. The Kier molecular flexibility index (Phi) is 5.42. The molecule has 8 heteroatoms. The van der Waals surface area contributed by atoms with E-state index in [4.69, 9.17) is 10.8 Å². The van der Waals surface area contributed by atoms with Gasteiger partial charge in [0, 0.05) is 23.7 Å². The van der Waals surface area contributed by atoms with Crippen LogP contribution in [0.5, 0.6) is 0 Å². The molecule has 0 radical (unpaired) electrons. The molecule has 1 atom stereocenters. The van der Waals surface area contributed by atoms with Crippen molar-refractivity contribution in [2.75, 3.05) is 0 Å². The Balaban J connectivity index is 2.06. The van der Waals surface area contributed by atoms with Crippen LogP contribution in [0.4, 0.5) is 0 Å². The van der Waals surface area contributed by atoms with Crippen molar-refractivity contribution in [2.45, 2.75) is 18.9 Å². The van der Waals surface area contributed by atoms with E-state index in [9.17, 15) is 14.4 Å². The minimum Gasteiger partial charge on any atom is -0.480 e. The fraction of sp³-hybridized carbons (Fsp3) is 0.200. The van der Waals surface area contributed by atoms with Gasteiger partial charge in [-0.3, -0.25) is 14.6 Å². The molecule has 4 N–H and O–H groups in total. The Morgan fingerprint density at radius 1 is 1.22 bits per heavy atom. The number of aliphatic carboxylic acids is 1. The molecule has 7 nitrogen and oxygen atoms in total. The lowest BCUT2D eigenvalue weighted by Gasteiger charge is -2.12. The van der Waals surface area contributed by atoms with Crippen LogP contribution in [0.1, 0.15) is 22.5 Å². The van der Waals surface area contributed by atoms with Crippen LogP contribution in [0.3, 0.4) is 0 Å². The van der Waals surface area contributed by atoms with E-state index < -0.39 is 23.8 Å². The third-order valence-corrected chi connectivity index (χ3v) is 4.21. The van der Waals surface area contributed by atoms with E-state index in [-0.39, 0.29) is 12.8 Å². The Morgan fingerprint density at radius 3 is 2.52 bits per heavy atom. The number of aromatic nitrogens is 1. The predicted octanol–water partition coefficient (Wildman–Crippen LogP) is 1.26. The maximum Gasteiger partial charge on any atom is 0.326 e. The third kappa shape index (κ3) is 4.62. The number of rotatable bonds is 7. The molecule has 0 unspecified atom stereocenters. The van der Waals surface area contributed by atoms with E-state index in [2.05, 4.69) is 10.3 Å². The molecular formula is C15H15N3O4S. The number of carboxylic acid groups (broad SMARTS) is 1. The van der Waals surface area contributed by atoms with Crippen molar-refractivity contribution in [2.24, 2.45) is 5.73 Å². The first kappa shape index (κ1) is 16.6. The molecule has 23 heavy (non-hydrogen) atoms. The van der Waals surface area contributed by atoms with E-state index in [1.165, 1.54) is 11.3 Å². The molecule has 2 aromatic rings. The van der Waals surface area contributed by atoms with Gasteiger partial charge in [0.2, 0.25) is 5.91 Å². The standard InChI is InChI=1S/C15H15N3O4S/c16-13(19)4-1-10(15(21)22)18-14(20)12-3-2-11(23-12)9-5-7-17-8-6-9/h2-3,5-8,10H,1,4H2,(H2,16,19)(H,18,20)(H,21,22)/t10-/m0/s1. The number of hydrogen-bond donors (Lipinski definition) is 3. The topological polar surface area (TPSA) is 122 Å². The average molecular weight is 333 g/mol. The number of nitrogens with zero attached hydrogens (tertiary/aromatic N) is 1. The minimum atomic E-state index is -1.20. The molecule has 0 aliphatic carbocycles. The Labute approximate surface area is 136 Å². The molecular weight excluding hydrogens is 318 g/mol. The van der Waals surface area contributed by atoms with Crippen LogP contribution in [0, 0.1) is 0 Å². The number of primary amides is 1. The van der Waals surface area contributed by atoms with Gasteiger partial charge in [-0.25, -0.2) is 4.79 Å². The zero-order valence-electron chi connectivity index (χ0n) is 12.1. The second kappa shape index (κ2) is 7.50. The highest BCUT2D eigenvalue weighted by molar-refractivity contribution is 7.17. The Hall–Kier alpha value is -2.74. The number of carbonyl (C=O) groups is 3. The monoisotopic (exact) mass is 333 g/mol. The fourth-order valence-electron chi connectivity index (χ4n) is 1.90. The van der Waals surface area contributed by atoms with Crippen LogP contribution in [0.15, 0.2) is 36.7 Å². The molecule has 2 amide bonds. The van der Waals surface area contributed by atoms with Crippen molar-refractivity contribution >= 4 is 29.1 Å². The van der Waals surface area contributed by atoms with Crippen LogP contribution < -0.4 is 11.1 Å². The van der Waals surface area contributed by atoms with Gasteiger partial charge in [-0.1, -0.05) is 0 Å². The quantitative estimate of drug-likeness (QED) is 0.704. The van der Waals surface area contributed by atoms with Crippen LogP contribution >= 0.6 is 11.3 Å². The largest absolute Gasteiger partial charge is 0.480 e. The maximum atomic E-state index is 12.2. The predicted molar refractivity (Wildman–Crippen MR) is 84.9 cm³/mol. The molecule has 0 spiro atoms.